The minimum absolute atomic E-state index is 0.00730. The van der Waals surface area contributed by atoms with Gasteiger partial charge in [-0.2, -0.15) is 0 Å². The van der Waals surface area contributed by atoms with E-state index in [2.05, 4.69) is 49.0 Å². The van der Waals surface area contributed by atoms with Crippen LogP contribution < -0.4 is 5.32 Å². The zero-order chi connectivity index (χ0) is 19.6. The Kier molecular flexibility index (Phi) is 6.17. The highest BCUT2D eigenvalue weighted by Crippen LogP contribution is 2.36. The molecule has 3 rings (SSSR count). The van der Waals surface area contributed by atoms with Crippen molar-refractivity contribution < 1.29 is 4.79 Å². The monoisotopic (exact) mass is 399 g/mol. The second-order valence-corrected chi connectivity index (χ2v) is 9.32. The van der Waals surface area contributed by atoms with Crippen molar-refractivity contribution in [2.75, 3.05) is 5.32 Å². The van der Waals surface area contributed by atoms with Gasteiger partial charge in [0.1, 0.15) is 16.2 Å². The Labute approximate surface area is 168 Å². The van der Waals surface area contributed by atoms with Crippen molar-refractivity contribution in [2.45, 2.75) is 57.2 Å². The summed E-state index contributed by atoms with van der Waals surface area (Å²) in [5.74, 6) is 0.398. The van der Waals surface area contributed by atoms with Crippen LogP contribution in [0.5, 0.6) is 0 Å². The smallest absolute Gasteiger partial charge is 0.237 e. The van der Waals surface area contributed by atoms with Crippen LogP contribution in [0.2, 0.25) is 0 Å². The number of thiophene rings is 1. The Balaban J connectivity index is 1.80. The van der Waals surface area contributed by atoms with Gasteiger partial charge in [-0.05, 0) is 50.3 Å². The van der Waals surface area contributed by atoms with Crippen molar-refractivity contribution in [1.29, 1.82) is 0 Å². The molecule has 2 heterocycles. The maximum absolute atomic E-state index is 12.8. The Hall–Kier alpha value is -1.92. The lowest BCUT2D eigenvalue weighted by Crippen LogP contribution is -2.23. The number of fused-ring (bicyclic) bond motifs is 1. The fourth-order valence-electron chi connectivity index (χ4n) is 2.96. The Morgan fingerprint density at radius 3 is 2.70 bits per heavy atom. The molecule has 142 valence electrons. The third-order valence-electron chi connectivity index (χ3n) is 4.95. The lowest BCUT2D eigenvalue weighted by atomic mass is 9.97. The van der Waals surface area contributed by atoms with Gasteiger partial charge in [0.2, 0.25) is 5.91 Å². The molecule has 2 aromatic heterocycles. The first-order valence-electron chi connectivity index (χ1n) is 9.19. The first kappa shape index (κ1) is 19.8. The van der Waals surface area contributed by atoms with Crippen LogP contribution in [0.4, 0.5) is 5.69 Å². The third kappa shape index (κ3) is 4.17. The topological polar surface area (TPSA) is 54.9 Å². The van der Waals surface area contributed by atoms with Crippen molar-refractivity contribution in [1.82, 2.24) is 9.97 Å². The zero-order valence-corrected chi connectivity index (χ0v) is 18.0. The molecule has 0 fully saturated rings. The molecule has 0 saturated carbocycles. The van der Waals surface area contributed by atoms with E-state index in [-0.39, 0.29) is 11.2 Å². The van der Waals surface area contributed by atoms with Crippen LogP contribution in [0.25, 0.3) is 10.2 Å². The maximum atomic E-state index is 12.8. The molecule has 3 aromatic rings. The number of anilines is 1. The molecular weight excluding hydrogens is 374 g/mol. The average Bonchev–Trinajstić information content (AvgIpc) is 2.96. The van der Waals surface area contributed by atoms with Gasteiger partial charge < -0.3 is 5.32 Å². The van der Waals surface area contributed by atoms with E-state index >= 15 is 0 Å². The summed E-state index contributed by atoms with van der Waals surface area (Å²) in [7, 11) is 0. The molecule has 0 aliphatic carbocycles. The lowest BCUT2D eigenvalue weighted by Gasteiger charge is -2.17. The number of benzene rings is 1. The lowest BCUT2D eigenvalue weighted by molar-refractivity contribution is -0.115. The number of para-hydroxylation sites is 1. The van der Waals surface area contributed by atoms with Crippen LogP contribution >= 0.6 is 23.1 Å². The summed E-state index contributed by atoms with van der Waals surface area (Å²) in [5.41, 5.74) is 3.28. The number of nitrogens with zero attached hydrogens (tertiary/aromatic N) is 2. The number of carbonyl (C=O) groups excluding carboxylic acids is 1. The van der Waals surface area contributed by atoms with Crippen molar-refractivity contribution in [2.24, 2.45) is 0 Å². The summed E-state index contributed by atoms with van der Waals surface area (Å²) < 4.78 is 0. The number of hydrogen-bond donors (Lipinski definition) is 1. The summed E-state index contributed by atoms with van der Waals surface area (Å²) in [5, 5.41) is 4.80. The van der Waals surface area contributed by atoms with Crippen molar-refractivity contribution in [3.8, 4) is 0 Å². The second-order valence-electron chi connectivity index (χ2n) is 6.79. The highest BCUT2D eigenvalue weighted by atomic mass is 32.2. The quantitative estimate of drug-likeness (QED) is 0.411. The molecule has 1 aromatic carbocycles. The van der Waals surface area contributed by atoms with Gasteiger partial charge in [0.15, 0.2) is 0 Å². The zero-order valence-electron chi connectivity index (χ0n) is 16.4. The van der Waals surface area contributed by atoms with Gasteiger partial charge >= 0.3 is 0 Å². The van der Waals surface area contributed by atoms with E-state index in [4.69, 9.17) is 0 Å². The predicted octanol–water partition coefficient (Wildman–Crippen LogP) is 5.94. The SMILES string of the molecule is CC[C@@H](C)c1ccccc1NC(=O)[C@@H](C)Sc1ncnc2sc(C)c(C)c12. The minimum Gasteiger partial charge on any atom is -0.325 e. The van der Waals surface area contributed by atoms with E-state index in [0.29, 0.717) is 5.92 Å². The molecule has 0 spiro atoms. The van der Waals surface area contributed by atoms with Crippen LogP contribution in [0, 0.1) is 13.8 Å². The van der Waals surface area contributed by atoms with E-state index in [1.807, 2.05) is 25.1 Å². The molecule has 0 aliphatic rings. The van der Waals surface area contributed by atoms with Crippen molar-refractivity contribution >= 4 is 44.9 Å². The molecule has 1 amide bonds. The Bertz CT molecular complexity index is 967. The predicted molar refractivity (Wildman–Crippen MR) is 116 cm³/mol. The number of amides is 1. The minimum atomic E-state index is -0.257. The summed E-state index contributed by atoms with van der Waals surface area (Å²) in [6.45, 7) is 10.5. The average molecular weight is 400 g/mol. The molecule has 4 nitrogen and oxygen atoms in total. The van der Waals surface area contributed by atoms with E-state index in [1.54, 1.807) is 17.7 Å². The summed E-state index contributed by atoms with van der Waals surface area (Å²) in [6, 6.07) is 8.05. The number of carbonyl (C=O) groups is 1. The Morgan fingerprint density at radius 2 is 1.96 bits per heavy atom. The van der Waals surface area contributed by atoms with Crippen LogP contribution in [0.15, 0.2) is 35.6 Å². The number of aromatic nitrogens is 2. The van der Waals surface area contributed by atoms with E-state index in [0.717, 1.165) is 27.4 Å². The van der Waals surface area contributed by atoms with Crippen LogP contribution in [-0.4, -0.2) is 21.1 Å². The summed E-state index contributed by atoms with van der Waals surface area (Å²) in [4.78, 5) is 23.9. The fraction of sp³-hybridized carbons (Fsp3) is 0.381. The standard InChI is InChI=1S/C21H25N3OS2/c1-6-12(2)16-9-7-8-10-17(16)24-19(25)15(5)27-21-18-13(3)14(4)26-20(18)22-11-23-21/h7-12,15H,6H2,1-5H3,(H,24,25)/t12-,15-/m1/s1. The maximum Gasteiger partial charge on any atom is 0.237 e. The van der Waals surface area contributed by atoms with Crippen molar-refractivity contribution in [3.63, 3.8) is 0 Å². The van der Waals surface area contributed by atoms with Crippen LogP contribution in [0.3, 0.4) is 0 Å². The van der Waals surface area contributed by atoms with Gasteiger partial charge in [-0.15, -0.1) is 11.3 Å². The number of nitrogens with one attached hydrogen (secondary N) is 1. The summed E-state index contributed by atoms with van der Waals surface area (Å²) in [6.07, 6.45) is 2.62. The number of thioether (sulfide) groups is 1. The third-order valence-corrected chi connectivity index (χ3v) is 7.17. The van der Waals surface area contributed by atoms with Crippen LogP contribution in [-0.2, 0) is 4.79 Å². The fourth-order valence-corrected chi connectivity index (χ4v) is 4.99. The van der Waals surface area contributed by atoms with Gasteiger partial charge in [0.05, 0.1) is 5.25 Å². The van der Waals surface area contributed by atoms with E-state index in [1.165, 1.54) is 27.8 Å². The molecule has 0 unspecified atom stereocenters. The molecular formula is C21H25N3OS2. The number of rotatable bonds is 6. The van der Waals surface area contributed by atoms with Gasteiger partial charge in [0, 0.05) is 16.0 Å². The number of aryl methyl sites for hydroxylation is 2. The molecule has 1 N–H and O–H groups in total. The summed E-state index contributed by atoms with van der Waals surface area (Å²) >= 11 is 3.17. The molecule has 0 aliphatic heterocycles. The molecule has 6 heteroatoms. The normalized spacial score (nSPS) is 13.5. The van der Waals surface area contributed by atoms with E-state index in [9.17, 15) is 4.79 Å². The van der Waals surface area contributed by atoms with Gasteiger partial charge in [-0.1, -0.05) is 43.8 Å². The van der Waals surface area contributed by atoms with Gasteiger partial charge in [-0.25, -0.2) is 9.97 Å². The van der Waals surface area contributed by atoms with Crippen LogP contribution in [0.1, 0.15) is 49.1 Å². The molecule has 2 atom stereocenters. The molecule has 27 heavy (non-hydrogen) atoms. The first-order chi connectivity index (χ1) is 12.9. The Morgan fingerprint density at radius 1 is 1.22 bits per heavy atom. The van der Waals surface area contributed by atoms with E-state index < -0.39 is 0 Å². The first-order valence-corrected chi connectivity index (χ1v) is 10.9. The molecule has 0 bridgehead atoms. The second kappa shape index (κ2) is 8.40. The molecule has 0 saturated heterocycles. The highest BCUT2D eigenvalue weighted by molar-refractivity contribution is 8.00. The van der Waals surface area contributed by atoms with Gasteiger partial charge in [0.25, 0.3) is 0 Å². The number of hydrogen-bond acceptors (Lipinski definition) is 5. The molecule has 0 radical (unpaired) electrons. The van der Waals surface area contributed by atoms with Gasteiger partial charge in [-0.3, -0.25) is 4.79 Å². The largest absolute Gasteiger partial charge is 0.325 e. The van der Waals surface area contributed by atoms with Crippen molar-refractivity contribution in [3.05, 3.63) is 46.6 Å². The highest BCUT2D eigenvalue weighted by Gasteiger charge is 2.20.